The zero-order chi connectivity index (χ0) is 19.4. The minimum atomic E-state index is -0.404. The highest BCUT2D eigenvalue weighted by Crippen LogP contribution is 2.44. The quantitative estimate of drug-likeness (QED) is 0.487. The number of nitrogens with zero attached hydrogens (tertiary/aromatic N) is 1. The molecule has 2 aromatic carbocycles. The summed E-state index contributed by atoms with van der Waals surface area (Å²) >= 11 is 6.01. The maximum absolute atomic E-state index is 10.4. The van der Waals surface area contributed by atoms with Gasteiger partial charge >= 0.3 is 0 Å². The van der Waals surface area contributed by atoms with Gasteiger partial charge in [-0.15, -0.1) is 0 Å². The monoisotopic (exact) mass is 381 g/mol. The standard InChI is InChI=1S/C22H22ClN2O2/c1-2-3-4-5-6-15-11-17-20(12-19(15)26)27-22(25)18(13-24)21(17)14-7-9-16(23)10-8-14/h7-12,21,25-26H,2-6H2,1H3/q-1. The molecular weight excluding hydrogens is 360 g/mol. The lowest BCUT2D eigenvalue weighted by atomic mass is 9.82. The molecule has 2 N–H and O–H groups in total. The highest BCUT2D eigenvalue weighted by atomic mass is 35.5. The van der Waals surface area contributed by atoms with Crippen LogP contribution in [0.5, 0.6) is 11.5 Å². The number of phenols is 1. The molecular formula is C22H22ClN2O2-. The molecule has 0 spiro atoms. The highest BCUT2D eigenvalue weighted by molar-refractivity contribution is 6.30. The Morgan fingerprint density at radius 2 is 1.93 bits per heavy atom. The van der Waals surface area contributed by atoms with Gasteiger partial charge in [-0.25, -0.2) is 0 Å². The van der Waals surface area contributed by atoms with E-state index < -0.39 is 5.92 Å². The second kappa shape index (κ2) is 8.43. The lowest BCUT2D eigenvalue weighted by Gasteiger charge is -2.29. The Morgan fingerprint density at radius 1 is 1.19 bits per heavy atom. The smallest absolute Gasteiger partial charge is 0.222 e. The van der Waals surface area contributed by atoms with Crippen LogP contribution in [-0.2, 0) is 6.42 Å². The first kappa shape index (κ1) is 19.2. The van der Waals surface area contributed by atoms with E-state index in [2.05, 4.69) is 12.8 Å². The molecule has 2 aromatic rings. The van der Waals surface area contributed by atoms with E-state index in [0.29, 0.717) is 10.8 Å². The van der Waals surface area contributed by atoms with Crippen LogP contribution in [0, 0.1) is 5.41 Å². The first-order chi connectivity index (χ1) is 13.0. The topological polar surface area (TPSA) is 75.6 Å². The van der Waals surface area contributed by atoms with Crippen molar-refractivity contribution in [1.29, 1.82) is 5.41 Å². The van der Waals surface area contributed by atoms with Crippen LogP contribution < -0.4 is 4.74 Å². The summed E-state index contributed by atoms with van der Waals surface area (Å²) in [4.78, 5) is 0. The first-order valence-corrected chi connectivity index (χ1v) is 9.58. The van der Waals surface area contributed by atoms with E-state index in [9.17, 15) is 10.5 Å². The summed E-state index contributed by atoms with van der Waals surface area (Å²) in [7, 11) is 0. The molecule has 1 aliphatic rings. The molecule has 0 bridgehead atoms. The summed E-state index contributed by atoms with van der Waals surface area (Å²) in [6, 6.07) is 10.8. The van der Waals surface area contributed by atoms with Crippen LogP contribution in [0.15, 0.2) is 42.0 Å². The van der Waals surface area contributed by atoms with E-state index in [-0.39, 0.29) is 17.2 Å². The van der Waals surface area contributed by atoms with Crippen molar-refractivity contribution in [1.82, 2.24) is 0 Å². The number of unbranched alkanes of at least 4 members (excludes halogenated alkanes) is 3. The van der Waals surface area contributed by atoms with Gasteiger partial charge in [0.2, 0.25) is 5.90 Å². The summed E-state index contributed by atoms with van der Waals surface area (Å²) in [5.41, 5.74) is 2.77. The summed E-state index contributed by atoms with van der Waals surface area (Å²) in [5, 5.41) is 28.7. The van der Waals surface area contributed by atoms with Crippen LogP contribution in [-0.4, -0.2) is 16.9 Å². The predicted molar refractivity (Wildman–Crippen MR) is 109 cm³/mol. The van der Waals surface area contributed by atoms with Gasteiger partial charge in [0.15, 0.2) is 0 Å². The summed E-state index contributed by atoms with van der Waals surface area (Å²) in [6.07, 6.45) is 5.21. The average molecular weight is 382 g/mol. The molecule has 0 saturated carbocycles. The van der Waals surface area contributed by atoms with Crippen molar-refractivity contribution < 1.29 is 9.84 Å². The molecule has 3 rings (SSSR count). The van der Waals surface area contributed by atoms with Gasteiger partial charge in [0.05, 0.1) is 0 Å². The van der Waals surface area contributed by atoms with Crippen LogP contribution in [0.1, 0.15) is 55.2 Å². The Balaban J connectivity index is 2.04. The number of rotatable bonds is 6. The second-order valence-electron chi connectivity index (χ2n) is 6.77. The Hall–Kier alpha value is -2.55. The van der Waals surface area contributed by atoms with E-state index in [4.69, 9.17) is 21.7 Å². The van der Waals surface area contributed by atoms with Gasteiger partial charge < -0.3 is 15.3 Å². The molecule has 0 saturated heterocycles. The number of fused-ring (bicyclic) bond motifs is 1. The summed E-state index contributed by atoms with van der Waals surface area (Å²) < 4.78 is 5.53. The molecule has 1 unspecified atom stereocenters. The third kappa shape index (κ3) is 4.08. The number of halogens is 1. The second-order valence-corrected chi connectivity index (χ2v) is 7.21. The highest BCUT2D eigenvalue weighted by Gasteiger charge is 2.31. The average Bonchev–Trinajstić information content (AvgIpc) is 2.65. The molecule has 0 radical (unpaired) electrons. The zero-order valence-electron chi connectivity index (χ0n) is 15.3. The van der Waals surface area contributed by atoms with E-state index in [1.54, 1.807) is 18.2 Å². The molecule has 0 aromatic heterocycles. The minimum Gasteiger partial charge on any atom is -0.763 e. The molecule has 5 heteroatoms. The summed E-state index contributed by atoms with van der Waals surface area (Å²) in [5.74, 6) is 2.14. The van der Waals surface area contributed by atoms with Crippen LogP contribution in [0.3, 0.4) is 0 Å². The van der Waals surface area contributed by atoms with E-state index >= 15 is 0 Å². The van der Waals surface area contributed by atoms with Gasteiger partial charge in [-0.3, -0.25) is 11.3 Å². The predicted octanol–water partition coefficient (Wildman–Crippen LogP) is 5.84. The van der Waals surface area contributed by atoms with E-state index in [1.165, 1.54) is 6.42 Å². The normalized spacial score (nSPS) is 15.9. The maximum Gasteiger partial charge on any atom is 0.222 e. The van der Waals surface area contributed by atoms with Crippen molar-refractivity contribution in [3.05, 3.63) is 69.1 Å². The molecule has 0 aliphatic carbocycles. The Morgan fingerprint density at radius 3 is 2.59 bits per heavy atom. The van der Waals surface area contributed by atoms with Gasteiger partial charge in [-0.05, 0) is 42.2 Å². The Labute approximate surface area is 164 Å². The third-order valence-corrected chi connectivity index (χ3v) is 5.14. The Kier molecular flexibility index (Phi) is 6.00. The zero-order valence-corrected chi connectivity index (χ0v) is 16.0. The van der Waals surface area contributed by atoms with Gasteiger partial charge in [-0.2, -0.15) is 0 Å². The van der Waals surface area contributed by atoms with Crippen LogP contribution in [0.2, 0.25) is 5.02 Å². The molecule has 0 amide bonds. The molecule has 4 nitrogen and oxygen atoms in total. The molecule has 1 aliphatic heterocycles. The van der Waals surface area contributed by atoms with E-state index in [0.717, 1.165) is 42.4 Å². The van der Waals surface area contributed by atoms with Gasteiger partial charge in [0.25, 0.3) is 0 Å². The lowest BCUT2D eigenvalue weighted by Crippen LogP contribution is -2.24. The molecule has 27 heavy (non-hydrogen) atoms. The molecule has 1 atom stereocenters. The lowest BCUT2D eigenvalue weighted by molar-refractivity contribution is 0.455. The number of aromatic hydroxyl groups is 1. The van der Waals surface area contributed by atoms with Crippen molar-refractivity contribution in [2.45, 2.75) is 44.9 Å². The fraction of sp³-hybridized carbons (Fsp3) is 0.318. The van der Waals surface area contributed by atoms with Crippen LogP contribution >= 0.6 is 11.6 Å². The van der Waals surface area contributed by atoms with Crippen molar-refractivity contribution >= 4 is 23.4 Å². The van der Waals surface area contributed by atoms with Gasteiger partial charge in [-0.1, -0.05) is 49.9 Å². The number of benzene rings is 2. The first-order valence-electron chi connectivity index (χ1n) is 9.20. The number of hydrogen-bond acceptors (Lipinski definition) is 3. The number of hydrogen-bond donors (Lipinski definition) is 2. The van der Waals surface area contributed by atoms with Crippen molar-refractivity contribution in [3.8, 4) is 11.5 Å². The minimum absolute atomic E-state index is 0.174. The number of nitrogens with one attached hydrogen (secondary N) is 1. The molecule has 0 fully saturated rings. The molecule has 140 valence electrons. The van der Waals surface area contributed by atoms with Gasteiger partial charge in [0.1, 0.15) is 11.5 Å². The Bertz CT molecular complexity index is 899. The summed E-state index contributed by atoms with van der Waals surface area (Å²) in [6.45, 7) is 2.17. The largest absolute Gasteiger partial charge is 0.763 e. The molecule has 1 heterocycles. The van der Waals surface area contributed by atoms with Crippen molar-refractivity contribution in [2.75, 3.05) is 0 Å². The van der Waals surface area contributed by atoms with E-state index in [1.807, 2.05) is 18.2 Å². The SMILES string of the molecule is CCCCCCc1cc2c(cc1O)OC(=N)C(=C=[N-])C2c1ccc(Cl)cc1. The van der Waals surface area contributed by atoms with Crippen LogP contribution in [0.4, 0.5) is 0 Å². The van der Waals surface area contributed by atoms with Crippen LogP contribution in [0.25, 0.3) is 5.41 Å². The fourth-order valence-corrected chi connectivity index (χ4v) is 3.58. The fourth-order valence-electron chi connectivity index (χ4n) is 3.46. The third-order valence-electron chi connectivity index (χ3n) is 4.89. The maximum atomic E-state index is 10.4. The van der Waals surface area contributed by atoms with Gasteiger partial charge in [0, 0.05) is 28.1 Å². The number of ether oxygens (including phenoxy) is 1. The number of phenolic OH excluding ortho intramolecular Hbond substituents is 1. The number of aryl methyl sites for hydroxylation is 1. The van der Waals surface area contributed by atoms with Crippen molar-refractivity contribution in [3.63, 3.8) is 0 Å². The van der Waals surface area contributed by atoms with Crippen molar-refractivity contribution in [2.24, 2.45) is 0 Å².